The molecule has 1 aromatic carbocycles. The van der Waals surface area contributed by atoms with E-state index in [4.69, 9.17) is 9.47 Å². The summed E-state index contributed by atoms with van der Waals surface area (Å²) in [5.74, 6) is 0.121. The molecule has 1 aliphatic heterocycles. The van der Waals surface area contributed by atoms with Crippen LogP contribution in [0.25, 0.3) is 0 Å². The Balaban J connectivity index is 2.13. The molecule has 1 aromatic rings. The van der Waals surface area contributed by atoms with Crippen LogP contribution in [0.1, 0.15) is 18.4 Å². The van der Waals surface area contributed by atoms with Gasteiger partial charge in [-0.3, -0.25) is 9.59 Å². The van der Waals surface area contributed by atoms with Crippen molar-refractivity contribution in [3.8, 4) is 5.75 Å². The lowest BCUT2D eigenvalue weighted by Crippen LogP contribution is -2.51. The van der Waals surface area contributed by atoms with Crippen LogP contribution >= 0.6 is 0 Å². The van der Waals surface area contributed by atoms with E-state index in [1.807, 2.05) is 25.1 Å². The number of carbonyl (C=O) groups is 2. The third kappa shape index (κ3) is 3.76. The highest BCUT2D eigenvalue weighted by Crippen LogP contribution is 2.27. The lowest BCUT2D eigenvalue weighted by Gasteiger charge is -2.30. The average Bonchev–Trinajstić information content (AvgIpc) is 2.48. The van der Waals surface area contributed by atoms with Gasteiger partial charge >= 0.3 is 0 Å². The molecule has 0 spiro atoms. The van der Waals surface area contributed by atoms with Gasteiger partial charge in [0.25, 0.3) is 0 Å². The van der Waals surface area contributed by atoms with E-state index in [0.717, 1.165) is 5.56 Å². The normalized spacial score (nSPS) is 21.1. The first kappa shape index (κ1) is 16.3. The van der Waals surface area contributed by atoms with Gasteiger partial charge < -0.3 is 20.1 Å². The Morgan fingerprint density at radius 1 is 1.41 bits per heavy atom. The van der Waals surface area contributed by atoms with Gasteiger partial charge in [-0.05, 0) is 31.0 Å². The predicted octanol–water partition coefficient (Wildman–Crippen LogP) is 1.48. The predicted molar refractivity (Wildman–Crippen MR) is 82.9 cm³/mol. The van der Waals surface area contributed by atoms with Gasteiger partial charge in [-0.25, -0.2) is 0 Å². The van der Waals surface area contributed by atoms with E-state index in [0.29, 0.717) is 30.9 Å². The topological polar surface area (TPSA) is 76.7 Å². The molecule has 0 saturated carbocycles. The molecule has 0 bridgehead atoms. The molecule has 0 unspecified atom stereocenters. The number of benzene rings is 1. The molecule has 6 heteroatoms. The van der Waals surface area contributed by atoms with Gasteiger partial charge in [0.05, 0.1) is 31.4 Å². The zero-order valence-electron chi connectivity index (χ0n) is 13.1. The van der Waals surface area contributed by atoms with Crippen molar-refractivity contribution in [3.05, 3.63) is 23.8 Å². The van der Waals surface area contributed by atoms with E-state index >= 15 is 0 Å². The Hall–Kier alpha value is -2.08. The number of nitrogens with one attached hydrogen (secondary N) is 2. The molecule has 1 heterocycles. The van der Waals surface area contributed by atoms with Crippen LogP contribution in [0.4, 0.5) is 5.69 Å². The van der Waals surface area contributed by atoms with Crippen LogP contribution in [0.5, 0.6) is 5.75 Å². The third-order valence-electron chi connectivity index (χ3n) is 3.81. The summed E-state index contributed by atoms with van der Waals surface area (Å²) >= 11 is 0. The Bertz CT molecular complexity index is 559. The fraction of sp³-hybridized carbons (Fsp3) is 0.500. The van der Waals surface area contributed by atoms with Crippen LogP contribution in [-0.4, -0.2) is 38.7 Å². The Kier molecular flexibility index (Phi) is 5.38. The van der Waals surface area contributed by atoms with Crippen molar-refractivity contribution in [3.63, 3.8) is 0 Å². The summed E-state index contributed by atoms with van der Waals surface area (Å²) in [6.45, 7) is 2.26. The second kappa shape index (κ2) is 7.26. The fourth-order valence-electron chi connectivity index (χ4n) is 2.66. The van der Waals surface area contributed by atoms with Gasteiger partial charge in [0.1, 0.15) is 5.75 Å². The summed E-state index contributed by atoms with van der Waals surface area (Å²) in [6.07, 6.45) is 0.864. The molecule has 2 atom stereocenters. The van der Waals surface area contributed by atoms with Crippen molar-refractivity contribution < 1.29 is 19.1 Å². The number of anilines is 1. The van der Waals surface area contributed by atoms with E-state index in [1.165, 1.54) is 0 Å². The fourth-order valence-corrected chi connectivity index (χ4v) is 2.66. The molecule has 120 valence electrons. The van der Waals surface area contributed by atoms with Gasteiger partial charge in [-0.2, -0.15) is 0 Å². The highest BCUT2D eigenvalue weighted by molar-refractivity contribution is 5.95. The van der Waals surface area contributed by atoms with Gasteiger partial charge in [-0.15, -0.1) is 0 Å². The van der Waals surface area contributed by atoms with Crippen LogP contribution < -0.4 is 15.4 Å². The average molecular weight is 306 g/mol. The minimum atomic E-state index is -0.317. The standard InChI is InChI=1S/C16H22N2O4/c1-10-4-6-14(22-3)12(8-10)18-16(20)11-5-7-15(19)17-13(11)9-21-2/h4,6,8,11,13H,5,7,9H2,1-3H3,(H,17,19)(H,18,20)/t11-,13-/m1/s1. The van der Waals surface area contributed by atoms with Crippen LogP contribution in [-0.2, 0) is 14.3 Å². The lowest BCUT2D eigenvalue weighted by molar-refractivity contribution is -0.129. The Labute approximate surface area is 130 Å². The van der Waals surface area contributed by atoms with Gasteiger partial charge in [0.15, 0.2) is 0 Å². The first-order valence-corrected chi connectivity index (χ1v) is 7.29. The number of rotatable bonds is 5. The molecule has 22 heavy (non-hydrogen) atoms. The smallest absolute Gasteiger partial charge is 0.229 e. The summed E-state index contributed by atoms with van der Waals surface area (Å²) in [6, 6.07) is 5.30. The SMILES string of the molecule is COC[C@H]1NC(=O)CC[C@H]1C(=O)Nc1cc(C)ccc1OC. The maximum Gasteiger partial charge on any atom is 0.229 e. The van der Waals surface area contributed by atoms with Crippen LogP contribution in [0, 0.1) is 12.8 Å². The molecular weight excluding hydrogens is 284 g/mol. The minimum absolute atomic E-state index is 0.0424. The molecule has 2 rings (SSSR count). The van der Waals surface area contributed by atoms with Crippen molar-refractivity contribution in [1.29, 1.82) is 0 Å². The summed E-state index contributed by atoms with van der Waals surface area (Å²) in [4.78, 5) is 24.1. The zero-order valence-corrected chi connectivity index (χ0v) is 13.1. The summed E-state index contributed by atoms with van der Waals surface area (Å²) < 4.78 is 10.4. The van der Waals surface area contributed by atoms with Crippen molar-refractivity contribution in [2.45, 2.75) is 25.8 Å². The number of piperidine rings is 1. The quantitative estimate of drug-likeness (QED) is 0.864. The van der Waals surface area contributed by atoms with Crippen LogP contribution in [0.3, 0.4) is 0 Å². The molecule has 6 nitrogen and oxygen atoms in total. The molecule has 2 N–H and O–H groups in total. The molecular formula is C16H22N2O4. The lowest BCUT2D eigenvalue weighted by atomic mass is 9.90. The molecule has 1 aliphatic rings. The highest BCUT2D eigenvalue weighted by atomic mass is 16.5. The maximum absolute atomic E-state index is 12.6. The summed E-state index contributed by atoms with van der Waals surface area (Å²) in [5.41, 5.74) is 1.67. The van der Waals surface area contributed by atoms with Crippen LogP contribution in [0.2, 0.25) is 0 Å². The van der Waals surface area contributed by atoms with Crippen molar-refractivity contribution >= 4 is 17.5 Å². The molecule has 1 fully saturated rings. The third-order valence-corrected chi connectivity index (χ3v) is 3.81. The number of aryl methyl sites for hydroxylation is 1. The van der Waals surface area contributed by atoms with Gasteiger partial charge in [0.2, 0.25) is 11.8 Å². The number of carbonyl (C=O) groups excluding carboxylic acids is 2. The Morgan fingerprint density at radius 3 is 2.86 bits per heavy atom. The van der Waals surface area contributed by atoms with E-state index in [-0.39, 0.29) is 23.8 Å². The molecule has 0 radical (unpaired) electrons. The first-order valence-electron chi connectivity index (χ1n) is 7.29. The second-order valence-electron chi connectivity index (χ2n) is 5.47. The van der Waals surface area contributed by atoms with Crippen LogP contribution in [0.15, 0.2) is 18.2 Å². The van der Waals surface area contributed by atoms with E-state index in [9.17, 15) is 9.59 Å². The molecule has 2 amide bonds. The van der Waals surface area contributed by atoms with Crippen molar-refractivity contribution in [2.75, 3.05) is 26.1 Å². The molecule has 0 aliphatic carbocycles. The second-order valence-corrected chi connectivity index (χ2v) is 5.47. The molecule has 1 saturated heterocycles. The highest BCUT2D eigenvalue weighted by Gasteiger charge is 2.34. The van der Waals surface area contributed by atoms with Crippen molar-refractivity contribution in [2.24, 2.45) is 5.92 Å². The maximum atomic E-state index is 12.6. The molecule has 0 aromatic heterocycles. The minimum Gasteiger partial charge on any atom is -0.495 e. The van der Waals surface area contributed by atoms with E-state index < -0.39 is 0 Å². The number of methoxy groups -OCH3 is 2. The Morgan fingerprint density at radius 2 is 2.18 bits per heavy atom. The number of ether oxygens (including phenoxy) is 2. The first-order chi connectivity index (χ1) is 10.5. The van der Waals surface area contributed by atoms with Gasteiger partial charge in [0, 0.05) is 13.5 Å². The van der Waals surface area contributed by atoms with Crippen molar-refractivity contribution in [1.82, 2.24) is 5.32 Å². The largest absolute Gasteiger partial charge is 0.495 e. The summed E-state index contributed by atoms with van der Waals surface area (Å²) in [5, 5.41) is 5.72. The zero-order chi connectivity index (χ0) is 16.1. The van der Waals surface area contributed by atoms with E-state index in [1.54, 1.807) is 14.2 Å². The number of hydrogen-bond donors (Lipinski definition) is 2. The summed E-state index contributed by atoms with van der Waals surface area (Å²) in [7, 11) is 3.12. The van der Waals surface area contributed by atoms with E-state index in [2.05, 4.69) is 10.6 Å². The van der Waals surface area contributed by atoms with Gasteiger partial charge in [-0.1, -0.05) is 6.07 Å². The monoisotopic (exact) mass is 306 g/mol. The number of hydrogen-bond acceptors (Lipinski definition) is 4. The number of amides is 2.